The lowest BCUT2D eigenvalue weighted by molar-refractivity contribution is -0.139. The highest BCUT2D eigenvalue weighted by Gasteiger charge is 2.48. The number of carbonyl (C=O) groups excluding carboxylic acids is 2. The Morgan fingerprint density at radius 2 is 2.23 bits per heavy atom. The molecule has 3 amide bonds. The zero-order valence-electron chi connectivity index (χ0n) is 14.6. The predicted octanol–water partition coefficient (Wildman–Crippen LogP) is -1.33. The quantitative estimate of drug-likeness (QED) is 0.255. The van der Waals surface area contributed by atoms with Gasteiger partial charge in [-0.3, -0.25) is 14.5 Å². The fourth-order valence-electron chi connectivity index (χ4n) is 4.33. The van der Waals surface area contributed by atoms with Crippen LogP contribution in [0.3, 0.4) is 0 Å². The Balaban J connectivity index is 1.21. The number of hydrogen-bond donors (Lipinski definition) is 4. The van der Waals surface area contributed by atoms with Crippen LogP contribution in [0.15, 0.2) is 0 Å². The zero-order valence-corrected chi connectivity index (χ0v) is 15.5. The topological polar surface area (TPSA) is 98.4 Å². The summed E-state index contributed by atoms with van der Waals surface area (Å²) < 4.78 is 4.82. The van der Waals surface area contributed by atoms with Crippen LogP contribution in [0.5, 0.6) is 0 Å². The molecular formula is C15H26N6O4S. The van der Waals surface area contributed by atoms with Crippen molar-refractivity contribution in [1.82, 2.24) is 31.0 Å². The minimum atomic E-state index is -0.521. The number of amides is 3. The molecule has 0 aromatic rings. The van der Waals surface area contributed by atoms with Crippen LogP contribution < -0.4 is 16.1 Å². The third-order valence-corrected chi connectivity index (χ3v) is 5.95. The third-order valence-electron chi connectivity index (χ3n) is 5.78. The highest BCUT2D eigenvalue weighted by Crippen LogP contribution is 2.30. The second-order valence-corrected chi connectivity index (χ2v) is 7.50. The van der Waals surface area contributed by atoms with Crippen LogP contribution in [0, 0.1) is 0 Å². The number of thiol groups is 1. The van der Waals surface area contributed by atoms with Gasteiger partial charge < -0.3 is 15.5 Å². The van der Waals surface area contributed by atoms with E-state index in [2.05, 4.69) is 33.9 Å². The predicted molar refractivity (Wildman–Crippen MR) is 94.7 cm³/mol. The summed E-state index contributed by atoms with van der Waals surface area (Å²) >= 11 is 3.72. The monoisotopic (exact) mass is 386 g/mol. The van der Waals surface area contributed by atoms with Crippen molar-refractivity contribution in [2.24, 2.45) is 0 Å². The van der Waals surface area contributed by atoms with Gasteiger partial charge in [0, 0.05) is 57.8 Å². The Labute approximate surface area is 158 Å². The molecule has 4 heterocycles. The first-order valence-electron chi connectivity index (χ1n) is 9.18. The Morgan fingerprint density at radius 1 is 1.35 bits per heavy atom. The summed E-state index contributed by atoms with van der Waals surface area (Å²) in [7, 11) is 0. The molecule has 0 saturated carbocycles. The number of hydrogen-bond acceptors (Lipinski definition) is 8. The Hall–Kier alpha value is -1.11. The molecule has 2 bridgehead atoms. The number of urea groups is 1. The molecule has 4 aliphatic heterocycles. The van der Waals surface area contributed by atoms with Crippen LogP contribution in [0.2, 0.25) is 0 Å². The van der Waals surface area contributed by atoms with E-state index in [9.17, 15) is 9.59 Å². The first-order valence-corrected chi connectivity index (χ1v) is 9.55. The van der Waals surface area contributed by atoms with E-state index in [0.29, 0.717) is 32.0 Å². The van der Waals surface area contributed by atoms with Crippen molar-refractivity contribution in [3.05, 3.63) is 0 Å². The number of piperidine rings is 1. The number of carbonyl (C=O) groups is 2. The van der Waals surface area contributed by atoms with Crippen LogP contribution in [-0.4, -0.2) is 90.4 Å². The van der Waals surface area contributed by atoms with Gasteiger partial charge in [-0.2, -0.15) is 5.06 Å². The number of rotatable bonds is 6. The molecule has 3 N–H and O–H groups in total. The normalized spacial score (nSPS) is 34.7. The van der Waals surface area contributed by atoms with Gasteiger partial charge in [0.15, 0.2) is 0 Å². The molecule has 10 nitrogen and oxygen atoms in total. The molecule has 0 aromatic heterocycles. The molecule has 26 heavy (non-hydrogen) atoms. The zero-order chi connectivity index (χ0) is 18.1. The van der Waals surface area contributed by atoms with E-state index >= 15 is 0 Å². The Morgan fingerprint density at radius 3 is 3.00 bits per heavy atom. The second-order valence-electron chi connectivity index (χ2n) is 7.33. The largest absolute Gasteiger partial charge is 0.345 e. The van der Waals surface area contributed by atoms with Crippen molar-refractivity contribution in [3.8, 4) is 0 Å². The van der Waals surface area contributed by atoms with Gasteiger partial charge in [-0.15, -0.1) is 0 Å². The van der Waals surface area contributed by atoms with E-state index in [0.717, 1.165) is 32.7 Å². The maximum atomic E-state index is 12.4. The molecule has 0 spiro atoms. The van der Waals surface area contributed by atoms with Gasteiger partial charge >= 0.3 is 6.03 Å². The summed E-state index contributed by atoms with van der Waals surface area (Å²) in [5, 5.41) is 8.01. The summed E-state index contributed by atoms with van der Waals surface area (Å²) in [6, 6.07) is -0.142. The Bertz CT molecular complexity index is 548. The number of nitrogens with zero attached hydrogens (tertiary/aromatic N) is 3. The van der Waals surface area contributed by atoms with Crippen LogP contribution in [0.25, 0.3) is 0 Å². The van der Waals surface area contributed by atoms with Gasteiger partial charge in [-0.05, 0) is 19.3 Å². The molecule has 4 rings (SSSR count). The number of fused-ring (bicyclic) bond motifs is 2. The first-order chi connectivity index (χ1) is 12.7. The lowest BCUT2D eigenvalue weighted by atomic mass is 10.0. The molecule has 0 aromatic carbocycles. The smallest absolute Gasteiger partial charge is 0.310 e. The fraction of sp³-hybridized carbons (Fsp3) is 0.867. The third kappa shape index (κ3) is 3.51. The fourth-order valence-corrected chi connectivity index (χ4v) is 4.54. The first kappa shape index (κ1) is 18.3. The van der Waals surface area contributed by atoms with Gasteiger partial charge in [-0.1, -0.05) is 0 Å². The molecule has 11 heteroatoms. The van der Waals surface area contributed by atoms with E-state index in [4.69, 9.17) is 9.12 Å². The molecule has 4 aliphatic rings. The molecule has 4 saturated heterocycles. The summed E-state index contributed by atoms with van der Waals surface area (Å²) in [4.78, 5) is 34.0. The highest BCUT2D eigenvalue weighted by atomic mass is 32.1. The van der Waals surface area contributed by atoms with Crippen molar-refractivity contribution in [2.45, 2.75) is 43.4 Å². The van der Waals surface area contributed by atoms with Gasteiger partial charge in [0.2, 0.25) is 0 Å². The van der Waals surface area contributed by atoms with Crippen molar-refractivity contribution in [1.29, 1.82) is 0 Å². The molecular weight excluding hydrogens is 360 g/mol. The van der Waals surface area contributed by atoms with Gasteiger partial charge in [0.1, 0.15) is 6.04 Å². The lowest BCUT2D eigenvalue weighted by Crippen LogP contribution is -2.50. The lowest BCUT2D eigenvalue weighted by Gasteiger charge is -2.29. The van der Waals surface area contributed by atoms with E-state index in [1.807, 2.05) is 0 Å². The summed E-state index contributed by atoms with van der Waals surface area (Å²) in [6.07, 6.45) is 2.29. The molecule has 0 radical (unpaired) electrons. The molecule has 4 fully saturated rings. The minimum Gasteiger partial charge on any atom is -0.310 e. The van der Waals surface area contributed by atoms with Crippen molar-refractivity contribution in [2.75, 3.05) is 39.5 Å². The molecule has 2 unspecified atom stereocenters. The SMILES string of the molecule is O=C(NOC[C@H]1C[C@@H](N2CCNC2)CN1)C1CCC2CN1C(=O)N2OS. The standard InChI is InChI=1S/C15H26N6O4S/c22-14(13-2-1-11-7-20(13)15(23)21(11)25-26)18-24-8-10-5-12(6-17-10)19-4-3-16-9-19/h10-13,16-17,26H,1-9H2,(H,18,22)/t10-,11?,12-,13?/m1/s1. The van der Waals surface area contributed by atoms with Gasteiger partial charge in [0.25, 0.3) is 5.91 Å². The van der Waals surface area contributed by atoms with E-state index in [-0.39, 0.29) is 24.0 Å². The minimum absolute atomic E-state index is 0.0373. The maximum Gasteiger partial charge on any atom is 0.345 e. The van der Waals surface area contributed by atoms with Crippen LogP contribution >= 0.6 is 12.9 Å². The van der Waals surface area contributed by atoms with Crippen molar-refractivity contribution >= 4 is 24.8 Å². The number of nitrogens with one attached hydrogen (secondary N) is 3. The van der Waals surface area contributed by atoms with E-state index in [1.165, 1.54) is 9.96 Å². The molecule has 146 valence electrons. The number of hydroxylamine groups is 3. The van der Waals surface area contributed by atoms with Gasteiger partial charge in [0.05, 0.1) is 12.6 Å². The van der Waals surface area contributed by atoms with Crippen molar-refractivity contribution in [3.63, 3.8) is 0 Å². The summed E-state index contributed by atoms with van der Waals surface area (Å²) in [5.41, 5.74) is 2.52. The maximum absolute atomic E-state index is 12.4. The average Bonchev–Trinajstić information content (AvgIpc) is 3.37. The van der Waals surface area contributed by atoms with Crippen LogP contribution in [0.4, 0.5) is 4.79 Å². The van der Waals surface area contributed by atoms with Gasteiger partial charge in [-0.25, -0.2) is 14.6 Å². The highest BCUT2D eigenvalue weighted by molar-refractivity contribution is 7.75. The summed E-state index contributed by atoms with van der Waals surface area (Å²) in [5.74, 6) is -0.281. The average molecular weight is 386 g/mol. The van der Waals surface area contributed by atoms with Crippen LogP contribution in [-0.2, 0) is 13.9 Å². The van der Waals surface area contributed by atoms with E-state index < -0.39 is 6.04 Å². The van der Waals surface area contributed by atoms with Crippen molar-refractivity contribution < 1.29 is 18.7 Å². The molecule has 4 atom stereocenters. The summed E-state index contributed by atoms with van der Waals surface area (Å²) in [6.45, 7) is 4.90. The Kier molecular flexibility index (Phi) is 5.53. The second kappa shape index (κ2) is 7.87. The molecule has 0 aliphatic carbocycles. The van der Waals surface area contributed by atoms with E-state index in [1.54, 1.807) is 0 Å². The van der Waals surface area contributed by atoms with Crippen LogP contribution in [0.1, 0.15) is 19.3 Å².